The Morgan fingerprint density at radius 3 is 2.35 bits per heavy atom. The molecule has 1 N–H and O–H groups in total. The number of hydrogen-bond donors (Lipinski definition) is 1. The summed E-state index contributed by atoms with van der Waals surface area (Å²) in [6.07, 6.45) is 1.49. The summed E-state index contributed by atoms with van der Waals surface area (Å²) < 4.78 is 5.13. The zero-order chi connectivity index (χ0) is 13.5. The minimum atomic E-state index is -0.538. The number of ether oxygens (including phenoxy) is 1. The van der Waals surface area contributed by atoms with Crippen LogP contribution in [0.3, 0.4) is 0 Å². The number of nitrogens with one attached hydrogen (secondary N) is 1. The highest BCUT2D eigenvalue weighted by molar-refractivity contribution is 5.82. The molecule has 0 aliphatic heterocycles. The first-order chi connectivity index (χ1) is 7.76. The van der Waals surface area contributed by atoms with Crippen molar-refractivity contribution >= 4 is 12.0 Å². The van der Waals surface area contributed by atoms with Gasteiger partial charge in [0.2, 0.25) is 5.91 Å². The molecule has 0 fully saturated rings. The molecule has 0 rings (SSSR count). The summed E-state index contributed by atoms with van der Waals surface area (Å²) in [5.74, 6) is -0.160. The van der Waals surface area contributed by atoms with E-state index in [4.69, 9.17) is 4.74 Å². The molecule has 100 valence electrons. The van der Waals surface area contributed by atoms with E-state index >= 15 is 0 Å². The van der Waals surface area contributed by atoms with Crippen LogP contribution < -0.4 is 5.32 Å². The third kappa shape index (κ3) is 8.54. The molecule has 0 saturated carbocycles. The smallest absolute Gasteiger partial charge is 0.410 e. The molecule has 0 aromatic heterocycles. The highest BCUT2D eigenvalue weighted by Gasteiger charge is 2.20. The van der Waals surface area contributed by atoms with Crippen LogP contribution in [-0.4, -0.2) is 42.6 Å². The monoisotopic (exact) mass is 244 g/mol. The molecule has 17 heavy (non-hydrogen) atoms. The van der Waals surface area contributed by atoms with E-state index < -0.39 is 11.7 Å². The Balaban J connectivity index is 3.95. The van der Waals surface area contributed by atoms with Gasteiger partial charge in [0.25, 0.3) is 0 Å². The predicted octanol–water partition coefficient (Wildman–Crippen LogP) is 1.77. The van der Waals surface area contributed by atoms with Gasteiger partial charge in [-0.15, -0.1) is 0 Å². The Labute approximate surface area is 103 Å². The van der Waals surface area contributed by atoms with Crippen LogP contribution in [0.15, 0.2) is 0 Å². The minimum Gasteiger partial charge on any atom is -0.444 e. The number of likely N-dealkylation sites (N-methyl/N-ethyl adjacent to an activating group) is 1. The van der Waals surface area contributed by atoms with Gasteiger partial charge < -0.3 is 15.0 Å². The van der Waals surface area contributed by atoms with Crippen molar-refractivity contribution in [2.75, 3.05) is 20.1 Å². The number of carbonyl (C=O) groups excluding carboxylic acids is 2. The van der Waals surface area contributed by atoms with Crippen molar-refractivity contribution in [1.29, 1.82) is 0 Å². The molecule has 0 spiro atoms. The van der Waals surface area contributed by atoms with Crippen LogP contribution in [-0.2, 0) is 9.53 Å². The molecule has 0 unspecified atom stereocenters. The Hall–Kier alpha value is -1.26. The molecular weight excluding hydrogens is 220 g/mol. The minimum absolute atomic E-state index is 0.0264. The zero-order valence-corrected chi connectivity index (χ0v) is 11.5. The molecule has 0 heterocycles. The van der Waals surface area contributed by atoms with Crippen molar-refractivity contribution in [2.24, 2.45) is 0 Å². The van der Waals surface area contributed by atoms with Crippen molar-refractivity contribution in [3.8, 4) is 0 Å². The molecule has 0 atom stereocenters. The SMILES string of the molecule is CCCCNC(=O)CN(C)C(=O)OC(C)(C)C. The van der Waals surface area contributed by atoms with Gasteiger partial charge in [0.05, 0.1) is 0 Å². The number of hydrogen-bond acceptors (Lipinski definition) is 3. The van der Waals surface area contributed by atoms with Crippen molar-refractivity contribution in [2.45, 2.75) is 46.1 Å². The summed E-state index contributed by atoms with van der Waals surface area (Å²) in [5, 5.41) is 2.74. The molecular formula is C12H24N2O3. The Morgan fingerprint density at radius 1 is 1.29 bits per heavy atom. The van der Waals surface area contributed by atoms with Gasteiger partial charge in [-0.2, -0.15) is 0 Å². The fraction of sp³-hybridized carbons (Fsp3) is 0.833. The topological polar surface area (TPSA) is 58.6 Å². The van der Waals surface area contributed by atoms with Gasteiger partial charge in [0.1, 0.15) is 12.1 Å². The van der Waals surface area contributed by atoms with Crippen LogP contribution >= 0.6 is 0 Å². The number of rotatable bonds is 5. The number of nitrogens with zero attached hydrogens (tertiary/aromatic N) is 1. The lowest BCUT2D eigenvalue weighted by atomic mass is 10.2. The third-order valence-electron chi connectivity index (χ3n) is 1.94. The highest BCUT2D eigenvalue weighted by atomic mass is 16.6. The average Bonchev–Trinajstić information content (AvgIpc) is 2.15. The highest BCUT2D eigenvalue weighted by Crippen LogP contribution is 2.08. The van der Waals surface area contributed by atoms with Gasteiger partial charge in [-0.25, -0.2) is 4.79 Å². The molecule has 0 aromatic carbocycles. The van der Waals surface area contributed by atoms with E-state index in [1.165, 1.54) is 4.90 Å². The molecule has 0 aromatic rings. The van der Waals surface area contributed by atoms with Gasteiger partial charge in [0, 0.05) is 13.6 Å². The lowest BCUT2D eigenvalue weighted by Crippen LogP contribution is -2.41. The second-order valence-corrected chi connectivity index (χ2v) is 5.04. The summed E-state index contributed by atoms with van der Waals surface area (Å²) in [7, 11) is 1.55. The Bertz CT molecular complexity index is 259. The quantitative estimate of drug-likeness (QED) is 0.750. The van der Waals surface area contributed by atoms with Crippen LogP contribution in [0.2, 0.25) is 0 Å². The van der Waals surface area contributed by atoms with Crippen molar-refractivity contribution < 1.29 is 14.3 Å². The van der Waals surface area contributed by atoms with E-state index in [1.54, 1.807) is 27.8 Å². The van der Waals surface area contributed by atoms with E-state index in [0.717, 1.165) is 12.8 Å². The molecule has 5 heteroatoms. The van der Waals surface area contributed by atoms with Crippen LogP contribution in [0, 0.1) is 0 Å². The third-order valence-corrected chi connectivity index (χ3v) is 1.94. The summed E-state index contributed by atoms with van der Waals surface area (Å²) in [4.78, 5) is 24.3. The van der Waals surface area contributed by atoms with E-state index in [0.29, 0.717) is 6.54 Å². The first kappa shape index (κ1) is 15.7. The summed E-state index contributed by atoms with van der Waals surface area (Å²) in [6.45, 7) is 8.11. The number of unbranched alkanes of at least 4 members (excludes halogenated alkanes) is 1. The lowest BCUT2D eigenvalue weighted by molar-refractivity contribution is -0.122. The number of carbonyl (C=O) groups is 2. The van der Waals surface area contributed by atoms with Gasteiger partial charge in [-0.3, -0.25) is 4.79 Å². The largest absolute Gasteiger partial charge is 0.444 e. The van der Waals surface area contributed by atoms with Crippen molar-refractivity contribution in [1.82, 2.24) is 10.2 Å². The lowest BCUT2D eigenvalue weighted by Gasteiger charge is -2.24. The molecule has 0 aliphatic carbocycles. The van der Waals surface area contributed by atoms with E-state index in [9.17, 15) is 9.59 Å². The first-order valence-electron chi connectivity index (χ1n) is 5.97. The second kappa shape index (κ2) is 7.14. The fourth-order valence-electron chi connectivity index (χ4n) is 1.08. The van der Waals surface area contributed by atoms with E-state index in [-0.39, 0.29) is 12.5 Å². The Kier molecular flexibility index (Phi) is 6.61. The maximum Gasteiger partial charge on any atom is 0.410 e. The molecule has 0 saturated heterocycles. The van der Waals surface area contributed by atoms with Crippen molar-refractivity contribution in [3.05, 3.63) is 0 Å². The normalized spacial score (nSPS) is 10.9. The molecule has 0 bridgehead atoms. The van der Waals surface area contributed by atoms with Crippen LogP contribution in [0.25, 0.3) is 0 Å². The van der Waals surface area contributed by atoms with E-state index in [1.807, 2.05) is 0 Å². The van der Waals surface area contributed by atoms with Crippen LogP contribution in [0.1, 0.15) is 40.5 Å². The molecule has 0 aliphatic rings. The summed E-state index contributed by atoms with van der Waals surface area (Å²) in [6, 6.07) is 0. The zero-order valence-electron chi connectivity index (χ0n) is 11.5. The van der Waals surface area contributed by atoms with Crippen LogP contribution in [0.5, 0.6) is 0 Å². The Morgan fingerprint density at radius 2 is 1.88 bits per heavy atom. The van der Waals surface area contributed by atoms with Gasteiger partial charge >= 0.3 is 6.09 Å². The molecule has 5 nitrogen and oxygen atoms in total. The van der Waals surface area contributed by atoms with Gasteiger partial charge in [-0.05, 0) is 27.2 Å². The van der Waals surface area contributed by atoms with Gasteiger partial charge in [0.15, 0.2) is 0 Å². The summed E-state index contributed by atoms with van der Waals surface area (Å²) in [5.41, 5.74) is -0.538. The maximum atomic E-state index is 11.5. The summed E-state index contributed by atoms with van der Waals surface area (Å²) >= 11 is 0. The van der Waals surface area contributed by atoms with Crippen LogP contribution in [0.4, 0.5) is 4.79 Å². The van der Waals surface area contributed by atoms with Crippen molar-refractivity contribution in [3.63, 3.8) is 0 Å². The molecule has 2 amide bonds. The maximum absolute atomic E-state index is 11.5. The average molecular weight is 244 g/mol. The standard InChI is InChI=1S/C12H24N2O3/c1-6-7-8-13-10(15)9-14(5)11(16)17-12(2,3)4/h6-9H2,1-5H3,(H,13,15). The van der Waals surface area contributed by atoms with Gasteiger partial charge in [-0.1, -0.05) is 13.3 Å². The number of amides is 2. The van der Waals surface area contributed by atoms with E-state index in [2.05, 4.69) is 12.2 Å². The first-order valence-corrected chi connectivity index (χ1v) is 5.97. The molecule has 0 radical (unpaired) electrons. The second-order valence-electron chi connectivity index (χ2n) is 5.04. The fourth-order valence-corrected chi connectivity index (χ4v) is 1.08. The predicted molar refractivity (Wildman–Crippen MR) is 66.8 cm³/mol.